The SMILES string of the molecule is CC[C@@H](CO)N(Cc1cccnc1)Cc1ccccn1. The summed E-state index contributed by atoms with van der Waals surface area (Å²) < 4.78 is 0. The second-order valence-corrected chi connectivity index (χ2v) is 4.83. The van der Waals surface area contributed by atoms with Crippen molar-refractivity contribution >= 4 is 0 Å². The molecule has 0 saturated carbocycles. The third-order valence-corrected chi connectivity index (χ3v) is 3.40. The van der Waals surface area contributed by atoms with Gasteiger partial charge in [0.05, 0.1) is 12.3 Å². The minimum atomic E-state index is 0.136. The van der Waals surface area contributed by atoms with Gasteiger partial charge in [0, 0.05) is 37.7 Å². The lowest BCUT2D eigenvalue weighted by molar-refractivity contribution is 0.105. The van der Waals surface area contributed by atoms with E-state index in [0.29, 0.717) is 0 Å². The van der Waals surface area contributed by atoms with E-state index in [9.17, 15) is 5.11 Å². The van der Waals surface area contributed by atoms with Crippen molar-refractivity contribution in [2.24, 2.45) is 0 Å². The fraction of sp³-hybridized carbons (Fsp3) is 0.375. The van der Waals surface area contributed by atoms with E-state index in [1.807, 2.05) is 30.5 Å². The van der Waals surface area contributed by atoms with E-state index in [1.54, 1.807) is 12.4 Å². The van der Waals surface area contributed by atoms with Crippen molar-refractivity contribution in [3.05, 3.63) is 60.2 Å². The van der Waals surface area contributed by atoms with Crippen LogP contribution in [0.3, 0.4) is 0 Å². The molecule has 1 atom stereocenters. The number of hydrogen-bond donors (Lipinski definition) is 1. The maximum absolute atomic E-state index is 9.57. The van der Waals surface area contributed by atoms with E-state index in [4.69, 9.17) is 0 Å². The first-order chi connectivity index (χ1) is 9.83. The van der Waals surface area contributed by atoms with Crippen molar-refractivity contribution in [3.8, 4) is 0 Å². The predicted octanol–water partition coefficient (Wildman–Crippen LogP) is 2.25. The van der Waals surface area contributed by atoms with Gasteiger partial charge in [-0.05, 0) is 30.2 Å². The monoisotopic (exact) mass is 271 g/mol. The van der Waals surface area contributed by atoms with E-state index in [-0.39, 0.29) is 12.6 Å². The van der Waals surface area contributed by atoms with Crippen LogP contribution in [-0.2, 0) is 13.1 Å². The van der Waals surface area contributed by atoms with Crippen molar-refractivity contribution in [3.63, 3.8) is 0 Å². The second-order valence-electron chi connectivity index (χ2n) is 4.83. The molecule has 20 heavy (non-hydrogen) atoms. The maximum atomic E-state index is 9.57. The quantitative estimate of drug-likeness (QED) is 0.839. The van der Waals surface area contributed by atoms with Gasteiger partial charge in [0.2, 0.25) is 0 Å². The zero-order chi connectivity index (χ0) is 14.2. The molecule has 0 unspecified atom stereocenters. The highest BCUT2D eigenvalue weighted by molar-refractivity contribution is 5.10. The summed E-state index contributed by atoms with van der Waals surface area (Å²) in [4.78, 5) is 10.8. The minimum absolute atomic E-state index is 0.136. The topological polar surface area (TPSA) is 49.2 Å². The van der Waals surface area contributed by atoms with Gasteiger partial charge in [0.25, 0.3) is 0 Å². The highest BCUT2D eigenvalue weighted by Crippen LogP contribution is 2.13. The molecule has 0 fully saturated rings. The summed E-state index contributed by atoms with van der Waals surface area (Å²) in [6.07, 6.45) is 6.35. The molecule has 0 aromatic carbocycles. The lowest BCUT2D eigenvalue weighted by atomic mass is 10.1. The number of aliphatic hydroxyl groups excluding tert-OH is 1. The first-order valence-corrected chi connectivity index (χ1v) is 6.97. The van der Waals surface area contributed by atoms with Gasteiger partial charge in [-0.2, -0.15) is 0 Å². The van der Waals surface area contributed by atoms with Crippen LogP contribution in [0.4, 0.5) is 0 Å². The van der Waals surface area contributed by atoms with Gasteiger partial charge in [-0.3, -0.25) is 14.9 Å². The Bertz CT molecular complexity index is 444. The molecule has 0 radical (unpaired) electrons. The molecule has 0 spiro atoms. The molecular weight excluding hydrogens is 250 g/mol. The average Bonchev–Trinajstić information content (AvgIpc) is 2.50. The van der Waals surface area contributed by atoms with Crippen molar-refractivity contribution in [2.45, 2.75) is 32.5 Å². The van der Waals surface area contributed by atoms with E-state index in [1.165, 1.54) is 0 Å². The molecule has 0 aliphatic rings. The van der Waals surface area contributed by atoms with Crippen molar-refractivity contribution in [2.75, 3.05) is 6.61 Å². The van der Waals surface area contributed by atoms with E-state index in [0.717, 1.165) is 30.8 Å². The number of aliphatic hydroxyl groups is 1. The average molecular weight is 271 g/mol. The molecule has 106 valence electrons. The summed E-state index contributed by atoms with van der Waals surface area (Å²) in [7, 11) is 0. The predicted molar refractivity (Wildman–Crippen MR) is 78.9 cm³/mol. The zero-order valence-electron chi connectivity index (χ0n) is 11.8. The summed E-state index contributed by atoms with van der Waals surface area (Å²) >= 11 is 0. The number of pyridine rings is 2. The molecule has 0 aliphatic heterocycles. The Hall–Kier alpha value is -1.78. The molecule has 2 rings (SSSR count). The Morgan fingerprint density at radius 2 is 2.05 bits per heavy atom. The summed E-state index contributed by atoms with van der Waals surface area (Å²) in [6, 6.07) is 10.1. The molecular formula is C16H21N3O. The van der Waals surface area contributed by atoms with Gasteiger partial charge in [0.15, 0.2) is 0 Å². The first-order valence-electron chi connectivity index (χ1n) is 6.97. The Morgan fingerprint density at radius 3 is 2.65 bits per heavy atom. The van der Waals surface area contributed by atoms with Gasteiger partial charge in [-0.15, -0.1) is 0 Å². The second kappa shape index (κ2) is 7.72. The van der Waals surface area contributed by atoms with Crippen LogP contribution < -0.4 is 0 Å². The lowest BCUT2D eigenvalue weighted by Gasteiger charge is -2.29. The van der Waals surface area contributed by atoms with Crippen LogP contribution in [0.1, 0.15) is 24.6 Å². The van der Waals surface area contributed by atoms with Gasteiger partial charge in [-0.25, -0.2) is 0 Å². The zero-order valence-corrected chi connectivity index (χ0v) is 11.8. The van der Waals surface area contributed by atoms with Crippen LogP contribution in [-0.4, -0.2) is 32.6 Å². The maximum Gasteiger partial charge on any atom is 0.0587 e. The standard InChI is InChI=1S/C16H21N3O/c1-2-16(13-20)19(11-14-6-5-8-17-10-14)12-15-7-3-4-9-18-15/h3-10,16,20H,2,11-13H2,1H3/t16-/m0/s1. The Morgan fingerprint density at radius 1 is 1.15 bits per heavy atom. The van der Waals surface area contributed by atoms with Crippen molar-refractivity contribution in [1.82, 2.24) is 14.9 Å². The summed E-state index contributed by atoms with van der Waals surface area (Å²) in [5, 5.41) is 9.57. The summed E-state index contributed by atoms with van der Waals surface area (Å²) in [6.45, 7) is 3.75. The summed E-state index contributed by atoms with van der Waals surface area (Å²) in [5.74, 6) is 0. The molecule has 2 aromatic heterocycles. The molecule has 1 N–H and O–H groups in total. The van der Waals surface area contributed by atoms with Gasteiger partial charge >= 0.3 is 0 Å². The third kappa shape index (κ3) is 4.11. The van der Waals surface area contributed by atoms with Crippen LogP contribution in [0.5, 0.6) is 0 Å². The first kappa shape index (κ1) is 14.6. The molecule has 0 bridgehead atoms. The van der Waals surface area contributed by atoms with Crippen LogP contribution in [0, 0.1) is 0 Å². The van der Waals surface area contributed by atoms with Gasteiger partial charge < -0.3 is 5.11 Å². The minimum Gasteiger partial charge on any atom is -0.395 e. The number of nitrogens with zero attached hydrogens (tertiary/aromatic N) is 3. The Balaban J connectivity index is 2.12. The molecule has 0 saturated heterocycles. The largest absolute Gasteiger partial charge is 0.395 e. The fourth-order valence-corrected chi connectivity index (χ4v) is 2.24. The lowest BCUT2D eigenvalue weighted by Crippen LogP contribution is -2.36. The third-order valence-electron chi connectivity index (χ3n) is 3.40. The van der Waals surface area contributed by atoms with E-state index < -0.39 is 0 Å². The van der Waals surface area contributed by atoms with E-state index >= 15 is 0 Å². The van der Waals surface area contributed by atoms with Crippen LogP contribution in [0.25, 0.3) is 0 Å². The smallest absolute Gasteiger partial charge is 0.0587 e. The van der Waals surface area contributed by atoms with Crippen LogP contribution in [0.2, 0.25) is 0 Å². The highest BCUT2D eigenvalue weighted by atomic mass is 16.3. The molecule has 2 heterocycles. The molecule has 4 heteroatoms. The number of hydrogen-bond acceptors (Lipinski definition) is 4. The van der Waals surface area contributed by atoms with Crippen LogP contribution >= 0.6 is 0 Å². The highest BCUT2D eigenvalue weighted by Gasteiger charge is 2.17. The number of aromatic nitrogens is 2. The number of rotatable bonds is 7. The molecule has 0 aliphatic carbocycles. The Kier molecular flexibility index (Phi) is 5.65. The van der Waals surface area contributed by atoms with Crippen molar-refractivity contribution < 1.29 is 5.11 Å². The Labute approximate surface area is 120 Å². The van der Waals surface area contributed by atoms with Gasteiger partial charge in [-0.1, -0.05) is 19.1 Å². The van der Waals surface area contributed by atoms with E-state index in [2.05, 4.69) is 27.9 Å². The summed E-state index contributed by atoms with van der Waals surface area (Å²) in [5.41, 5.74) is 2.17. The molecule has 0 amide bonds. The molecule has 4 nitrogen and oxygen atoms in total. The van der Waals surface area contributed by atoms with Crippen molar-refractivity contribution in [1.29, 1.82) is 0 Å². The van der Waals surface area contributed by atoms with Gasteiger partial charge in [0.1, 0.15) is 0 Å². The molecule has 2 aromatic rings. The normalized spacial score (nSPS) is 12.6. The fourth-order valence-electron chi connectivity index (χ4n) is 2.24. The van der Waals surface area contributed by atoms with Crippen LogP contribution in [0.15, 0.2) is 48.9 Å².